The number of carboxylic acid groups (broad SMARTS) is 1. The Balaban J connectivity index is 4.13. The van der Waals surface area contributed by atoms with E-state index < -0.39 is 5.97 Å². The Hall–Kier alpha value is -1.70. The fraction of sp³-hybridized carbons (Fsp3) is 0.692. The number of carbonyl (C=O) groups is 2. The van der Waals surface area contributed by atoms with E-state index in [2.05, 4.69) is 16.6 Å². The average molecular weight is 254 g/mol. The molecule has 0 aromatic heterocycles. The van der Waals surface area contributed by atoms with Gasteiger partial charge >= 0.3 is 12.0 Å². The van der Waals surface area contributed by atoms with E-state index in [4.69, 9.17) is 11.5 Å². The highest BCUT2D eigenvalue weighted by atomic mass is 16.4. The minimum atomic E-state index is -0.847. The van der Waals surface area contributed by atoms with Crippen LogP contribution in [-0.4, -0.2) is 29.7 Å². The van der Waals surface area contributed by atoms with E-state index in [0.717, 1.165) is 6.42 Å². The molecule has 3 N–H and O–H groups in total. The number of terminal acetylenes is 1. The van der Waals surface area contributed by atoms with Crippen LogP contribution in [0.3, 0.4) is 0 Å². The summed E-state index contributed by atoms with van der Waals surface area (Å²) in [6.45, 7) is 6.08. The highest BCUT2D eigenvalue weighted by Crippen LogP contribution is 2.14. The van der Waals surface area contributed by atoms with Gasteiger partial charge in [0.2, 0.25) is 0 Å². The highest BCUT2D eigenvalue weighted by Gasteiger charge is 2.16. The lowest BCUT2D eigenvalue weighted by atomic mass is 9.94. The topological polar surface area (TPSA) is 78.4 Å². The number of carbonyl (C=O) groups excluding carboxylic acids is 1. The lowest BCUT2D eigenvalue weighted by Crippen LogP contribution is -2.42. The fourth-order valence-electron chi connectivity index (χ4n) is 1.68. The van der Waals surface area contributed by atoms with Crippen molar-refractivity contribution in [1.82, 2.24) is 10.6 Å². The van der Waals surface area contributed by atoms with E-state index in [0.29, 0.717) is 12.5 Å². The minimum Gasteiger partial charge on any atom is -0.481 e. The molecule has 5 heteroatoms. The fourth-order valence-corrected chi connectivity index (χ4v) is 1.68. The van der Waals surface area contributed by atoms with Crippen LogP contribution >= 0.6 is 0 Å². The molecule has 0 heterocycles. The first-order chi connectivity index (χ1) is 8.35. The average Bonchev–Trinajstić information content (AvgIpc) is 2.24. The first-order valence-electron chi connectivity index (χ1n) is 6.07. The van der Waals surface area contributed by atoms with Crippen molar-refractivity contribution >= 4 is 12.0 Å². The number of hydrogen-bond donors (Lipinski definition) is 3. The lowest BCUT2D eigenvalue weighted by molar-refractivity contribution is -0.138. The second kappa shape index (κ2) is 8.40. The summed E-state index contributed by atoms with van der Waals surface area (Å²) in [5, 5.41) is 14.0. The number of hydrogen-bond acceptors (Lipinski definition) is 2. The van der Waals surface area contributed by atoms with Crippen LogP contribution in [0.2, 0.25) is 0 Å². The van der Waals surface area contributed by atoms with Crippen LogP contribution in [0.15, 0.2) is 0 Å². The van der Waals surface area contributed by atoms with Crippen molar-refractivity contribution in [3.8, 4) is 12.3 Å². The predicted octanol–water partition coefficient (Wildman–Crippen LogP) is 1.44. The van der Waals surface area contributed by atoms with Gasteiger partial charge in [-0.1, -0.05) is 19.8 Å². The summed E-state index contributed by atoms with van der Waals surface area (Å²) in [7, 11) is 0. The van der Waals surface area contributed by atoms with Crippen molar-refractivity contribution in [2.24, 2.45) is 11.8 Å². The molecule has 0 aliphatic rings. The molecule has 1 unspecified atom stereocenters. The maximum absolute atomic E-state index is 11.4. The number of rotatable bonds is 7. The van der Waals surface area contributed by atoms with Crippen LogP contribution in [0.25, 0.3) is 0 Å². The number of aliphatic carboxylic acids is 1. The van der Waals surface area contributed by atoms with Crippen LogP contribution in [0.4, 0.5) is 4.79 Å². The van der Waals surface area contributed by atoms with Crippen molar-refractivity contribution < 1.29 is 14.7 Å². The molecule has 0 aromatic carbocycles. The predicted molar refractivity (Wildman–Crippen MR) is 70.0 cm³/mol. The molecule has 0 saturated heterocycles. The molecular formula is C13H22N2O3. The molecule has 102 valence electrons. The normalized spacial score (nSPS) is 13.5. The number of carboxylic acids is 1. The minimum absolute atomic E-state index is 0.0587. The quantitative estimate of drug-likeness (QED) is 0.602. The summed E-state index contributed by atoms with van der Waals surface area (Å²) in [5.74, 6) is 1.87. The smallest absolute Gasteiger partial charge is 0.315 e. The number of amides is 2. The van der Waals surface area contributed by atoms with Crippen molar-refractivity contribution in [1.29, 1.82) is 0 Å². The zero-order chi connectivity index (χ0) is 14.1. The first-order valence-corrected chi connectivity index (χ1v) is 6.07. The Morgan fingerprint density at radius 3 is 2.39 bits per heavy atom. The van der Waals surface area contributed by atoms with Crippen molar-refractivity contribution in [3.63, 3.8) is 0 Å². The third-order valence-electron chi connectivity index (χ3n) is 2.42. The van der Waals surface area contributed by atoms with Gasteiger partial charge in [0, 0.05) is 13.0 Å². The lowest BCUT2D eigenvalue weighted by Gasteiger charge is -2.18. The Bertz CT molecular complexity index is 321. The van der Waals surface area contributed by atoms with Crippen LogP contribution in [0.1, 0.15) is 33.6 Å². The van der Waals surface area contributed by atoms with Crippen LogP contribution in [-0.2, 0) is 4.79 Å². The molecule has 2 amide bonds. The number of nitrogens with one attached hydrogen (secondary N) is 2. The van der Waals surface area contributed by atoms with E-state index in [-0.39, 0.29) is 24.4 Å². The van der Waals surface area contributed by atoms with Gasteiger partial charge in [-0.3, -0.25) is 4.79 Å². The Morgan fingerprint density at radius 2 is 1.94 bits per heavy atom. The van der Waals surface area contributed by atoms with Gasteiger partial charge in [-0.25, -0.2) is 4.79 Å². The zero-order valence-corrected chi connectivity index (χ0v) is 11.2. The van der Waals surface area contributed by atoms with Gasteiger partial charge < -0.3 is 15.7 Å². The van der Waals surface area contributed by atoms with E-state index in [1.54, 1.807) is 6.92 Å². The monoisotopic (exact) mass is 254 g/mol. The number of urea groups is 1. The zero-order valence-electron chi connectivity index (χ0n) is 11.2. The molecule has 0 rings (SSSR count). The SMILES string of the molecule is C#CC(C)NC(=O)NC[C@H](CC(=O)O)CC(C)C. The van der Waals surface area contributed by atoms with E-state index in [1.165, 1.54) is 0 Å². The van der Waals surface area contributed by atoms with E-state index in [1.807, 2.05) is 13.8 Å². The van der Waals surface area contributed by atoms with Gasteiger partial charge in [-0.05, 0) is 25.2 Å². The summed E-state index contributed by atoms with van der Waals surface area (Å²) in [5.41, 5.74) is 0. The van der Waals surface area contributed by atoms with Crippen molar-refractivity contribution in [3.05, 3.63) is 0 Å². The Kier molecular flexibility index (Phi) is 7.61. The Morgan fingerprint density at radius 1 is 1.33 bits per heavy atom. The Labute approximate surface area is 108 Å². The summed E-state index contributed by atoms with van der Waals surface area (Å²) in [6.07, 6.45) is 5.96. The van der Waals surface area contributed by atoms with Crippen molar-refractivity contribution in [2.45, 2.75) is 39.7 Å². The largest absolute Gasteiger partial charge is 0.481 e. The molecule has 0 aliphatic heterocycles. The summed E-state index contributed by atoms with van der Waals surface area (Å²) in [6, 6.07) is -0.701. The first kappa shape index (κ1) is 16.3. The molecule has 0 radical (unpaired) electrons. The third-order valence-corrected chi connectivity index (χ3v) is 2.42. The van der Waals surface area contributed by atoms with Gasteiger partial charge in [0.15, 0.2) is 0 Å². The maximum Gasteiger partial charge on any atom is 0.315 e. The molecule has 0 spiro atoms. The summed E-state index contributed by atoms with van der Waals surface area (Å²) >= 11 is 0. The van der Waals surface area contributed by atoms with Crippen LogP contribution < -0.4 is 10.6 Å². The second-order valence-electron chi connectivity index (χ2n) is 4.84. The molecular weight excluding hydrogens is 232 g/mol. The molecule has 18 heavy (non-hydrogen) atoms. The molecule has 5 nitrogen and oxygen atoms in total. The molecule has 2 atom stereocenters. The maximum atomic E-state index is 11.4. The highest BCUT2D eigenvalue weighted by molar-refractivity contribution is 5.74. The van der Waals surface area contributed by atoms with Gasteiger partial charge in [-0.15, -0.1) is 6.42 Å². The van der Waals surface area contributed by atoms with Gasteiger partial charge in [0.25, 0.3) is 0 Å². The third kappa shape index (κ3) is 8.45. The molecule has 0 fully saturated rings. The van der Waals surface area contributed by atoms with Gasteiger partial charge in [-0.2, -0.15) is 0 Å². The summed E-state index contributed by atoms with van der Waals surface area (Å²) < 4.78 is 0. The van der Waals surface area contributed by atoms with Gasteiger partial charge in [0.1, 0.15) is 0 Å². The molecule has 0 aromatic rings. The van der Waals surface area contributed by atoms with Crippen LogP contribution in [0, 0.1) is 24.2 Å². The van der Waals surface area contributed by atoms with E-state index in [9.17, 15) is 9.59 Å². The standard InChI is InChI=1S/C13H22N2O3/c1-5-10(4)15-13(18)14-8-11(6-9(2)3)7-12(16)17/h1,9-11H,6-8H2,2-4H3,(H,16,17)(H2,14,15,18)/t10?,11-/m0/s1. The van der Waals surface area contributed by atoms with Gasteiger partial charge in [0.05, 0.1) is 6.04 Å². The van der Waals surface area contributed by atoms with Crippen molar-refractivity contribution in [2.75, 3.05) is 6.54 Å². The molecule has 0 aliphatic carbocycles. The molecule has 0 saturated carbocycles. The van der Waals surface area contributed by atoms with Crippen LogP contribution in [0.5, 0.6) is 0 Å². The summed E-state index contributed by atoms with van der Waals surface area (Å²) in [4.78, 5) is 22.1. The van der Waals surface area contributed by atoms with E-state index >= 15 is 0 Å². The second-order valence-corrected chi connectivity index (χ2v) is 4.84. The molecule has 0 bridgehead atoms.